The highest BCUT2D eigenvalue weighted by Crippen LogP contribution is 2.47. The molecule has 8 heteroatoms. The van der Waals surface area contributed by atoms with Crippen LogP contribution in [0.4, 0.5) is 10.5 Å². The summed E-state index contributed by atoms with van der Waals surface area (Å²) in [4.78, 5) is 15.5. The summed E-state index contributed by atoms with van der Waals surface area (Å²) in [6, 6.07) is 7.64. The maximum atomic E-state index is 13.0. The first-order valence-electron chi connectivity index (χ1n) is 14.7. The van der Waals surface area contributed by atoms with Crippen LogP contribution in [0.5, 0.6) is 0 Å². The quantitative estimate of drug-likeness (QED) is 0.294. The fourth-order valence-corrected chi connectivity index (χ4v) is 5.78. The molecule has 0 unspecified atom stereocenters. The lowest BCUT2D eigenvalue weighted by molar-refractivity contribution is -0.278. The van der Waals surface area contributed by atoms with Crippen LogP contribution in [0.15, 0.2) is 24.3 Å². The number of aryl methyl sites for hydroxylation is 1. The molecule has 0 bridgehead atoms. The number of carbonyl (C=O) groups is 1. The minimum atomic E-state index is -1.10. The SMILES string of the molecule is CCCCCCCOC[C@@]12O[C@@H](CCCN3CCCC3)[C@@H](OC(=O)Nc3ccc(C)cc3)[C@@H]1OC(C)(C)O2. The van der Waals surface area contributed by atoms with Gasteiger partial charge in [-0.15, -0.1) is 0 Å². The van der Waals surface area contributed by atoms with Gasteiger partial charge in [0.1, 0.15) is 12.7 Å². The summed E-state index contributed by atoms with van der Waals surface area (Å²) in [5.74, 6) is -1.97. The number of hydrogen-bond acceptors (Lipinski definition) is 7. The Labute approximate surface area is 228 Å². The second-order valence-electron chi connectivity index (χ2n) is 11.5. The van der Waals surface area contributed by atoms with Gasteiger partial charge in [-0.25, -0.2) is 4.79 Å². The van der Waals surface area contributed by atoms with Crippen molar-refractivity contribution in [3.8, 4) is 0 Å². The highest BCUT2D eigenvalue weighted by molar-refractivity contribution is 5.84. The van der Waals surface area contributed by atoms with Gasteiger partial charge in [0.05, 0.1) is 0 Å². The number of nitrogens with one attached hydrogen (secondary N) is 1. The Morgan fingerprint density at radius 2 is 1.79 bits per heavy atom. The number of anilines is 1. The van der Waals surface area contributed by atoms with Crippen molar-refractivity contribution in [3.05, 3.63) is 29.8 Å². The Morgan fingerprint density at radius 3 is 2.53 bits per heavy atom. The molecule has 1 N–H and O–H groups in total. The summed E-state index contributed by atoms with van der Waals surface area (Å²) in [6.45, 7) is 12.2. The maximum absolute atomic E-state index is 13.0. The summed E-state index contributed by atoms with van der Waals surface area (Å²) in [5, 5.41) is 2.85. The lowest BCUT2D eigenvalue weighted by atomic mass is 10.0. The monoisotopic (exact) mass is 532 g/mol. The van der Waals surface area contributed by atoms with E-state index in [9.17, 15) is 4.79 Å². The van der Waals surface area contributed by atoms with E-state index >= 15 is 0 Å². The third-order valence-electron chi connectivity index (χ3n) is 7.68. The van der Waals surface area contributed by atoms with E-state index in [4.69, 9.17) is 23.7 Å². The van der Waals surface area contributed by atoms with Crippen molar-refractivity contribution in [2.45, 2.75) is 115 Å². The van der Waals surface area contributed by atoms with Crippen molar-refractivity contribution in [1.82, 2.24) is 4.90 Å². The van der Waals surface area contributed by atoms with Gasteiger partial charge in [-0.1, -0.05) is 50.3 Å². The van der Waals surface area contributed by atoms with Crippen molar-refractivity contribution in [2.75, 3.05) is 38.2 Å². The van der Waals surface area contributed by atoms with Crippen molar-refractivity contribution in [2.24, 2.45) is 0 Å². The average molecular weight is 533 g/mol. The third kappa shape index (κ3) is 7.92. The standard InChI is InChI=1S/C30H48N2O6/c1-5-6-7-8-11-21-34-22-30-27(37-29(3,4)38-30)26(25(36-30)13-12-20-32-18-9-10-19-32)35-28(33)31-24-16-14-23(2)15-17-24/h14-17,25-27H,5-13,18-22H2,1-4H3,(H,31,33)/t25-,26+,27-,30-/m0/s1. The smallest absolute Gasteiger partial charge is 0.412 e. The molecule has 1 aromatic carbocycles. The van der Waals surface area contributed by atoms with Gasteiger partial charge >= 0.3 is 6.09 Å². The maximum Gasteiger partial charge on any atom is 0.412 e. The first-order chi connectivity index (χ1) is 18.3. The molecule has 38 heavy (non-hydrogen) atoms. The molecular formula is C30H48N2O6. The number of fused-ring (bicyclic) bond motifs is 1. The van der Waals surface area contributed by atoms with Gasteiger partial charge in [-0.3, -0.25) is 5.32 Å². The zero-order chi connectivity index (χ0) is 27.0. The lowest BCUT2D eigenvalue weighted by Crippen LogP contribution is -2.46. The van der Waals surface area contributed by atoms with Gasteiger partial charge in [0.2, 0.25) is 5.79 Å². The minimum Gasteiger partial charge on any atom is -0.440 e. The van der Waals surface area contributed by atoms with Crippen molar-refractivity contribution >= 4 is 11.8 Å². The van der Waals surface area contributed by atoms with E-state index in [1.807, 2.05) is 45.0 Å². The van der Waals surface area contributed by atoms with Crippen LogP contribution in [0, 0.1) is 6.92 Å². The first kappa shape index (κ1) is 29.3. The summed E-state index contributed by atoms with van der Waals surface area (Å²) in [7, 11) is 0. The van der Waals surface area contributed by atoms with Crippen LogP contribution in [0.25, 0.3) is 0 Å². The molecule has 3 aliphatic heterocycles. The predicted molar refractivity (Wildman–Crippen MR) is 147 cm³/mol. The Kier molecular flexibility index (Phi) is 10.5. The number of ether oxygens (including phenoxy) is 5. The predicted octanol–water partition coefficient (Wildman–Crippen LogP) is 6.02. The van der Waals surface area contributed by atoms with Crippen molar-refractivity contribution in [3.63, 3.8) is 0 Å². The molecular weight excluding hydrogens is 484 g/mol. The van der Waals surface area contributed by atoms with Crippen LogP contribution in [-0.4, -0.2) is 73.7 Å². The summed E-state index contributed by atoms with van der Waals surface area (Å²) in [6.07, 6.45) is 8.06. The van der Waals surface area contributed by atoms with E-state index in [-0.39, 0.29) is 12.7 Å². The van der Waals surface area contributed by atoms with Gasteiger partial charge in [0.15, 0.2) is 18.0 Å². The second-order valence-corrected chi connectivity index (χ2v) is 11.5. The first-order valence-corrected chi connectivity index (χ1v) is 14.7. The zero-order valence-electron chi connectivity index (χ0n) is 23.8. The van der Waals surface area contributed by atoms with Crippen LogP contribution in [0.1, 0.15) is 84.1 Å². The number of rotatable bonds is 14. The fraction of sp³-hybridized carbons (Fsp3) is 0.767. The average Bonchev–Trinajstić information content (AvgIpc) is 3.54. The number of unbranched alkanes of at least 4 members (excludes halogenated alkanes) is 4. The van der Waals surface area contributed by atoms with Crippen LogP contribution in [0.3, 0.4) is 0 Å². The summed E-state index contributed by atoms with van der Waals surface area (Å²) >= 11 is 0. The Balaban J connectivity index is 1.41. The third-order valence-corrected chi connectivity index (χ3v) is 7.68. The number of carbonyl (C=O) groups excluding carboxylic acids is 1. The van der Waals surface area contributed by atoms with E-state index in [1.165, 1.54) is 32.1 Å². The highest BCUT2D eigenvalue weighted by Gasteiger charge is 2.66. The molecule has 3 saturated heterocycles. The molecule has 8 nitrogen and oxygen atoms in total. The van der Waals surface area contributed by atoms with Crippen molar-refractivity contribution in [1.29, 1.82) is 0 Å². The van der Waals surface area contributed by atoms with E-state index in [1.54, 1.807) is 0 Å². The molecule has 214 valence electrons. The van der Waals surface area contributed by atoms with Crippen LogP contribution >= 0.6 is 0 Å². The molecule has 0 aliphatic carbocycles. The highest BCUT2D eigenvalue weighted by atomic mass is 16.9. The number of benzene rings is 1. The number of hydrogen-bond donors (Lipinski definition) is 1. The van der Waals surface area contributed by atoms with Crippen molar-refractivity contribution < 1.29 is 28.5 Å². The largest absolute Gasteiger partial charge is 0.440 e. The second kappa shape index (κ2) is 13.6. The molecule has 0 aromatic heterocycles. The Bertz CT molecular complexity index is 872. The number of likely N-dealkylation sites (tertiary alicyclic amines) is 1. The Morgan fingerprint density at radius 1 is 1.05 bits per heavy atom. The summed E-state index contributed by atoms with van der Waals surface area (Å²) in [5.41, 5.74) is 1.81. The number of amides is 1. The zero-order valence-corrected chi connectivity index (χ0v) is 23.8. The molecule has 4 rings (SSSR count). The molecule has 1 aromatic rings. The molecule has 0 spiro atoms. The fourth-order valence-electron chi connectivity index (χ4n) is 5.78. The van der Waals surface area contributed by atoms with E-state index < -0.39 is 29.9 Å². The lowest BCUT2D eigenvalue weighted by Gasteiger charge is -2.29. The van der Waals surface area contributed by atoms with E-state index in [0.29, 0.717) is 12.3 Å². The van der Waals surface area contributed by atoms with Gasteiger partial charge in [0.25, 0.3) is 0 Å². The van der Waals surface area contributed by atoms with E-state index in [0.717, 1.165) is 50.9 Å². The Hall–Kier alpha value is -1.71. The molecule has 3 heterocycles. The number of nitrogens with zero attached hydrogens (tertiary/aromatic N) is 1. The van der Waals surface area contributed by atoms with Gasteiger partial charge in [-0.05, 0) is 84.6 Å². The molecule has 1 amide bonds. The van der Waals surface area contributed by atoms with Crippen LogP contribution < -0.4 is 5.32 Å². The van der Waals surface area contributed by atoms with Gasteiger partial charge in [0, 0.05) is 12.3 Å². The molecule has 3 aliphatic rings. The molecule has 4 atom stereocenters. The normalized spacial score (nSPS) is 28.5. The topological polar surface area (TPSA) is 78.5 Å². The van der Waals surface area contributed by atoms with Gasteiger partial charge in [-0.2, -0.15) is 0 Å². The molecule has 0 saturated carbocycles. The van der Waals surface area contributed by atoms with Gasteiger partial charge < -0.3 is 28.6 Å². The van der Waals surface area contributed by atoms with E-state index in [2.05, 4.69) is 17.1 Å². The molecule has 0 radical (unpaired) electrons. The molecule has 3 fully saturated rings. The minimum absolute atomic E-state index is 0.247. The van der Waals surface area contributed by atoms with Crippen LogP contribution in [-0.2, 0) is 23.7 Å². The van der Waals surface area contributed by atoms with Crippen LogP contribution in [0.2, 0.25) is 0 Å². The summed E-state index contributed by atoms with van der Waals surface area (Å²) < 4.78 is 31.4.